The Morgan fingerprint density at radius 2 is 1.83 bits per heavy atom. The highest BCUT2D eigenvalue weighted by Crippen LogP contribution is 2.30. The van der Waals surface area contributed by atoms with Crippen molar-refractivity contribution in [2.45, 2.75) is 44.6 Å². The van der Waals surface area contributed by atoms with Crippen LogP contribution in [0.15, 0.2) is 29.2 Å². The molecule has 0 N–H and O–H groups in total. The summed E-state index contributed by atoms with van der Waals surface area (Å²) in [6.07, 6.45) is 1.94. The lowest BCUT2D eigenvalue weighted by molar-refractivity contribution is 0.316. The summed E-state index contributed by atoms with van der Waals surface area (Å²) in [4.78, 5) is 0.417. The van der Waals surface area contributed by atoms with Crippen LogP contribution in [-0.4, -0.2) is 25.3 Å². The van der Waals surface area contributed by atoms with Gasteiger partial charge in [-0.2, -0.15) is 4.31 Å². The van der Waals surface area contributed by atoms with Gasteiger partial charge < -0.3 is 0 Å². The van der Waals surface area contributed by atoms with Crippen molar-refractivity contribution in [2.75, 3.05) is 6.54 Å². The summed E-state index contributed by atoms with van der Waals surface area (Å²) in [6, 6.07) is 7.28. The van der Waals surface area contributed by atoms with E-state index in [2.05, 4.69) is 13.8 Å². The average Bonchev–Trinajstić information content (AvgIpc) is 2.79. The van der Waals surface area contributed by atoms with Crippen molar-refractivity contribution in [3.05, 3.63) is 29.8 Å². The fraction of sp³-hybridized carbons (Fsp3) is 0.571. The monoisotopic (exact) mass is 267 g/mol. The third-order valence-corrected chi connectivity index (χ3v) is 5.58. The Hall–Kier alpha value is -0.870. The first-order valence-corrected chi connectivity index (χ1v) is 7.95. The zero-order chi connectivity index (χ0) is 13.3. The molecule has 0 radical (unpaired) electrons. The van der Waals surface area contributed by atoms with Crippen molar-refractivity contribution < 1.29 is 8.42 Å². The largest absolute Gasteiger partial charge is 0.243 e. The Kier molecular flexibility index (Phi) is 3.78. The maximum atomic E-state index is 12.6. The van der Waals surface area contributed by atoms with E-state index in [-0.39, 0.29) is 6.04 Å². The SMILES string of the molecule is Cc1ccc(S(=O)(=O)N2CCC[C@H]2C(C)C)cc1. The normalized spacial score (nSPS) is 21.7. The van der Waals surface area contributed by atoms with Gasteiger partial charge in [0.2, 0.25) is 10.0 Å². The molecule has 0 aromatic heterocycles. The summed E-state index contributed by atoms with van der Waals surface area (Å²) >= 11 is 0. The summed E-state index contributed by atoms with van der Waals surface area (Å²) in [5.41, 5.74) is 1.08. The van der Waals surface area contributed by atoms with E-state index in [1.165, 1.54) is 0 Å². The van der Waals surface area contributed by atoms with Crippen molar-refractivity contribution in [3.63, 3.8) is 0 Å². The Balaban J connectivity index is 2.33. The maximum Gasteiger partial charge on any atom is 0.243 e. The maximum absolute atomic E-state index is 12.6. The van der Waals surface area contributed by atoms with Gasteiger partial charge in [-0.15, -0.1) is 0 Å². The molecule has 2 rings (SSSR count). The Morgan fingerprint density at radius 3 is 2.39 bits per heavy atom. The number of sulfonamides is 1. The van der Waals surface area contributed by atoms with Crippen LogP contribution in [-0.2, 0) is 10.0 Å². The van der Waals surface area contributed by atoms with E-state index in [0.717, 1.165) is 18.4 Å². The lowest BCUT2D eigenvalue weighted by atomic mass is 10.0. The lowest BCUT2D eigenvalue weighted by Crippen LogP contribution is -2.38. The molecule has 0 unspecified atom stereocenters. The second-order valence-corrected chi connectivity index (χ2v) is 7.27. The van der Waals surface area contributed by atoms with E-state index in [0.29, 0.717) is 17.4 Å². The van der Waals surface area contributed by atoms with Gasteiger partial charge in [0.15, 0.2) is 0 Å². The minimum Gasteiger partial charge on any atom is -0.207 e. The first-order valence-electron chi connectivity index (χ1n) is 6.51. The van der Waals surface area contributed by atoms with E-state index in [9.17, 15) is 8.42 Å². The molecule has 1 aromatic carbocycles. The van der Waals surface area contributed by atoms with Crippen LogP contribution in [0.3, 0.4) is 0 Å². The summed E-state index contributed by atoms with van der Waals surface area (Å²) < 4.78 is 26.9. The van der Waals surface area contributed by atoms with Crippen LogP contribution in [0.2, 0.25) is 0 Å². The van der Waals surface area contributed by atoms with Gasteiger partial charge in [-0.25, -0.2) is 8.42 Å². The van der Waals surface area contributed by atoms with Crippen molar-refractivity contribution in [1.29, 1.82) is 0 Å². The number of hydrogen-bond donors (Lipinski definition) is 0. The smallest absolute Gasteiger partial charge is 0.207 e. The van der Waals surface area contributed by atoms with Gasteiger partial charge in [-0.05, 0) is 37.8 Å². The molecule has 1 aliphatic rings. The van der Waals surface area contributed by atoms with Crippen molar-refractivity contribution in [2.24, 2.45) is 5.92 Å². The van der Waals surface area contributed by atoms with E-state index >= 15 is 0 Å². The Bertz CT molecular complexity index is 505. The molecule has 18 heavy (non-hydrogen) atoms. The minimum atomic E-state index is -3.32. The number of benzene rings is 1. The van der Waals surface area contributed by atoms with E-state index in [1.807, 2.05) is 19.1 Å². The Morgan fingerprint density at radius 1 is 1.22 bits per heavy atom. The van der Waals surface area contributed by atoms with Gasteiger partial charge in [0.25, 0.3) is 0 Å². The number of rotatable bonds is 3. The molecular formula is C14H21NO2S. The number of aryl methyl sites for hydroxylation is 1. The van der Waals surface area contributed by atoms with Gasteiger partial charge in [0.1, 0.15) is 0 Å². The van der Waals surface area contributed by atoms with Gasteiger partial charge in [-0.3, -0.25) is 0 Å². The lowest BCUT2D eigenvalue weighted by Gasteiger charge is -2.26. The quantitative estimate of drug-likeness (QED) is 0.844. The van der Waals surface area contributed by atoms with Crippen molar-refractivity contribution in [1.82, 2.24) is 4.31 Å². The molecule has 1 heterocycles. The molecule has 1 fully saturated rings. The predicted molar refractivity (Wildman–Crippen MR) is 72.9 cm³/mol. The minimum absolute atomic E-state index is 0.149. The van der Waals surface area contributed by atoms with Gasteiger partial charge >= 0.3 is 0 Å². The zero-order valence-electron chi connectivity index (χ0n) is 11.3. The molecule has 1 aliphatic heterocycles. The Labute approximate surface area is 110 Å². The van der Waals surface area contributed by atoms with Crippen molar-refractivity contribution >= 4 is 10.0 Å². The molecule has 1 aromatic rings. The topological polar surface area (TPSA) is 37.4 Å². The van der Waals surface area contributed by atoms with E-state index in [1.54, 1.807) is 16.4 Å². The third-order valence-electron chi connectivity index (χ3n) is 3.65. The first-order chi connectivity index (χ1) is 8.43. The first kappa shape index (κ1) is 13.6. The summed E-state index contributed by atoms with van der Waals surface area (Å²) in [7, 11) is -3.32. The summed E-state index contributed by atoms with van der Waals surface area (Å²) in [5.74, 6) is 0.368. The van der Waals surface area contributed by atoms with Crippen LogP contribution < -0.4 is 0 Å². The predicted octanol–water partition coefficient (Wildman–Crippen LogP) is 2.80. The molecule has 3 nitrogen and oxygen atoms in total. The molecule has 0 bridgehead atoms. The zero-order valence-corrected chi connectivity index (χ0v) is 12.1. The number of nitrogens with zero attached hydrogens (tertiary/aromatic N) is 1. The molecule has 4 heteroatoms. The second-order valence-electron chi connectivity index (χ2n) is 5.38. The van der Waals surface area contributed by atoms with Crippen LogP contribution >= 0.6 is 0 Å². The highest BCUT2D eigenvalue weighted by molar-refractivity contribution is 7.89. The third kappa shape index (κ3) is 2.45. The van der Waals surface area contributed by atoms with Crippen LogP contribution in [0.25, 0.3) is 0 Å². The second kappa shape index (κ2) is 5.02. The fourth-order valence-corrected chi connectivity index (χ4v) is 4.40. The highest BCUT2D eigenvalue weighted by atomic mass is 32.2. The summed E-state index contributed by atoms with van der Waals surface area (Å²) in [5, 5.41) is 0. The fourth-order valence-electron chi connectivity index (χ4n) is 2.58. The summed E-state index contributed by atoms with van der Waals surface area (Å²) in [6.45, 7) is 6.80. The van der Waals surface area contributed by atoms with Crippen molar-refractivity contribution in [3.8, 4) is 0 Å². The van der Waals surface area contributed by atoms with Crippen LogP contribution in [0.5, 0.6) is 0 Å². The van der Waals surface area contributed by atoms with Crippen LogP contribution in [0, 0.1) is 12.8 Å². The highest BCUT2D eigenvalue weighted by Gasteiger charge is 2.36. The van der Waals surface area contributed by atoms with Gasteiger partial charge in [0, 0.05) is 12.6 Å². The molecule has 0 amide bonds. The van der Waals surface area contributed by atoms with Gasteiger partial charge in [-0.1, -0.05) is 31.5 Å². The standard InChI is InChI=1S/C14H21NO2S/c1-11(2)14-5-4-10-15(14)18(16,17)13-8-6-12(3)7-9-13/h6-9,11,14H,4-5,10H2,1-3H3/t14-/m0/s1. The van der Waals surface area contributed by atoms with Gasteiger partial charge in [0.05, 0.1) is 4.90 Å². The molecule has 100 valence electrons. The van der Waals surface area contributed by atoms with E-state index < -0.39 is 10.0 Å². The molecule has 1 atom stereocenters. The molecule has 0 saturated carbocycles. The molecular weight excluding hydrogens is 246 g/mol. The molecule has 0 aliphatic carbocycles. The average molecular weight is 267 g/mol. The van der Waals surface area contributed by atoms with Crippen LogP contribution in [0.1, 0.15) is 32.3 Å². The molecule has 0 spiro atoms. The molecule has 1 saturated heterocycles. The van der Waals surface area contributed by atoms with E-state index in [4.69, 9.17) is 0 Å². The van der Waals surface area contributed by atoms with Crippen LogP contribution in [0.4, 0.5) is 0 Å². The number of hydrogen-bond acceptors (Lipinski definition) is 2.